The summed E-state index contributed by atoms with van der Waals surface area (Å²) >= 11 is 0. The predicted molar refractivity (Wildman–Crippen MR) is 423 cm³/mol. The molecule has 0 saturated carbocycles. The molecule has 0 atom stereocenters. The average molecular weight is 1290 g/mol. The van der Waals surface area contributed by atoms with Gasteiger partial charge in [-0.25, -0.2) is 0 Å². The van der Waals surface area contributed by atoms with Crippen molar-refractivity contribution < 1.29 is 21.9 Å². The molecule has 0 fully saturated rings. The van der Waals surface area contributed by atoms with Gasteiger partial charge in [-0.3, -0.25) is 0 Å². The Balaban J connectivity index is 1.08. The number of aromatic nitrogens is 2. The van der Waals surface area contributed by atoms with Gasteiger partial charge >= 0.3 is 0 Å². The van der Waals surface area contributed by atoms with Crippen LogP contribution in [0.15, 0.2) is 315 Å². The number of hydrogen-bond donors (Lipinski definition) is 0. The van der Waals surface area contributed by atoms with E-state index in [0.29, 0.717) is 22.7 Å². The molecule has 18 rings (SSSR count). The highest BCUT2D eigenvalue weighted by atomic mass is 15.2. The van der Waals surface area contributed by atoms with Crippen LogP contribution in [0, 0.1) is 0 Å². The number of rotatable bonds is 11. The van der Waals surface area contributed by atoms with Crippen molar-refractivity contribution in [1.29, 1.82) is 0 Å². The summed E-state index contributed by atoms with van der Waals surface area (Å²) in [6.45, 7) is 14.6. The Kier molecular flexibility index (Phi) is 10.7. The van der Waals surface area contributed by atoms with Crippen LogP contribution >= 0.6 is 0 Å². The van der Waals surface area contributed by atoms with E-state index < -0.39 is 103 Å². The van der Waals surface area contributed by atoms with Gasteiger partial charge in [-0.1, -0.05) is 303 Å². The largest absolute Gasteiger partial charge is 0.310 e. The zero-order chi connectivity index (χ0) is 80.7. The maximum atomic E-state index is 9.87. The highest BCUT2D eigenvalue weighted by molar-refractivity contribution is 7.00. The Morgan fingerprint density at radius 3 is 1.09 bits per heavy atom. The molecule has 5 heteroatoms. The summed E-state index contributed by atoms with van der Waals surface area (Å²) in [4.78, 5) is 4.66. The number of benzene rings is 14. The Labute approximate surface area is 603 Å². The van der Waals surface area contributed by atoms with Gasteiger partial charge in [-0.05, 0) is 144 Å². The minimum atomic E-state index is -0.768. The molecule has 474 valence electrons. The van der Waals surface area contributed by atoms with Gasteiger partial charge in [0.05, 0.1) is 55.4 Å². The minimum Gasteiger partial charge on any atom is -0.310 e. The first-order chi connectivity index (χ1) is 55.1. The molecule has 4 heterocycles. The molecule has 16 aromatic rings. The molecule has 0 amide bonds. The van der Waals surface area contributed by atoms with Crippen molar-refractivity contribution in [2.75, 3.05) is 9.80 Å². The van der Waals surface area contributed by atoms with Gasteiger partial charge in [-0.15, -0.1) is 0 Å². The second-order valence-electron chi connectivity index (χ2n) is 27.6. The maximum Gasteiger partial charge on any atom is 0.252 e. The third-order valence-corrected chi connectivity index (χ3v) is 20.1. The maximum absolute atomic E-state index is 9.87. The fraction of sp³-hybridized carbons (Fsp3) is 0.106. The monoisotopic (exact) mass is 1290 g/mol. The Hall–Kier alpha value is -11.7. The van der Waals surface area contributed by atoms with Gasteiger partial charge in [-0.2, -0.15) is 0 Å². The van der Waals surface area contributed by atoms with Crippen molar-refractivity contribution in [3.63, 3.8) is 0 Å². The lowest BCUT2D eigenvalue weighted by Gasteiger charge is -2.46. The number of nitrogens with zero attached hydrogens (tertiary/aromatic N) is 4. The van der Waals surface area contributed by atoms with Crippen LogP contribution in [0.4, 0.5) is 34.1 Å². The third-order valence-electron chi connectivity index (χ3n) is 20.1. The molecule has 2 aliphatic heterocycles. The van der Waals surface area contributed by atoms with Gasteiger partial charge in [0, 0.05) is 77.9 Å². The SMILES string of the molecule is [2H]c1c([2H])c([2H])c2c(c1[2H])c1c([2H])c([2H])c([2H])c([2H])c1n2-c1ccc2c(c1)N(c1c(-c3ccccc3)cccc1-c1ccccc1)c1cc(-c3ccc(C(C)C)cc3C(C)C)cc3c1B2c1ccc(-n2c4c([2H])c([2H])c([2H])c([2H])c4c4c([2H])c([2H])c([2H])c([2H])c42)cc1N3c1c(-c2ccccc2)cccc1-c1ccc(C(C)(C)C)cc1. The van der Waals surface area contributed by atoms with E-state index in [1.165, 1.54) is 0 Å². The summed E-state index contributed by atoms with van der Waals surface area (Å²) in [7, 11) is 0. The van der Waals surface area contributed by atoms with Crippen LogP contribution < -0.4 is 26.2 Å². The summed E-state index contributed by atoms with van der Waals surface area (Å²) in [5.41, 5.74) is 18.8. The molecule has 0 radical (unpaired) electrons. The summed E-state index contributed by atoms with van der Waals surface area (Å²) < 4.78 is 154. The summed E-state index contributed by atoms with van der Waals surface area (Å²) in [5, 5.41) is -0.281. The van der Waals surface area contributed by atoms with Gasteiger partial charge in [0.15, 0.2) is 0 Å². The van der Waals surface area contributed by atoms with Crippen LogP contribution in [-0.4, -0.2) is 15.8 Å². The molecule has 0 N–H and O–H groups in total. The second-order valence-corrected chi connectivity index (χ2v) is 27.6. The second kappa shape index (κ2) is 23.6. The van der Waals surface area contributed by atoms with E-state index in [1.54, 1.807) is 9.13 Å². The standard InChI is InChI=1S/C94H75BN4/c1-60(2)66-47-52-71(80(55-66)61(3)4)67-56-89-91-90(57-67)99(93-74(64-31-15-10-16-32-64)39-26-40-75(93)65-45-48-68(49-46-65)94(5,6)7)88-59-70(97-85-43-23-19-35-78(85)79-36-20-24-44-86(79)97)51-54-82(88)95(91)81-53-50-69(96-83-41-21-17-33-76(83)77-34-18-22-42-84(77)96)58-87(81)98(89)92-72(62-27-11-8-12-28-62)37-25-38-73(92)63-29-13-9-14-30-63/h8-61H,1-7H3/i17D,18D,19D,20D,21D,22D,23D,24D,33D,34D,35D,36D,41D,42D,43D,44D. The number of hydrogen-bond acceptors (Lipinski definition) is 2. The molecule has 0 saturated heterocycles. The van der Waals surface area contributed by atoms with Crippen LogP contribution in [0.25, 0.3) is 111 Å². The van der Waals surface area contributed by atoms with Crippen molar-refractivity contribution in [2.24, 2.45) is 0 Å². The first kappa shape index (κ1) is 45.0. The van der Waals surface area contributed by atoms with Crippen molar-refractivity contribution in [1.82, 2.24) is 9.13 Å². The lowest BCUT2D eigenvalue weighted by atomic mass is 9.33. The fourth-order valence-electron chi connectivity index (χ4n) is 15.4. The zero-order valence-electron chi connectivity index (χ0n) is 71.8. The minimum absolute atomic E-state index is 0.0128. The molecule has 0 bridgehead atoms. The molecule has 4 nitrogen and oxygen atoms in total. The normalized spacial score (nSPS) is 15.0. The van der Waals surface area contributed by atoms with E-state index in [1.807, 2.05) is 91.0 Å². The van der Waals surface area contributed by atoms with Crippen molar-refractivity contribution in [2.45, 2.75) is 65.7 Å². The number of para-hydroxylation sites is 6. The Morgan fingerprint density at radius 2 is 0.717 bits per heavy atom. The highest BCUT2D eigenvalue weighted by Crippen LogP contribution is 2.55. The average Bonchev–Trinajstić information content (AvgIpc) is 1.59. The van der Waals surface area contributed by atoms with Gasteiger partial charge in [0.2, 0.25) is 0 Å². The van der Waals surface area contributed by atoms with Crippen LogP contribution in [0.2, 0.25) is 0 Å². The molecule has 99 heavy (non-hydrogen) atoms. The highest BCUT2D eigenvalue weighted by Gasteiger charge is 2.46. The van der Waals surface area contributed by atoms with E-state index in [9.17, 15) is 16.4 Å². The Bertz CT molecular complexity index is 6640. The lowest BCUT2D eigenvalue weighted by Crippen LogP contribution is -2.61. The number of anilines is 6. The summed E-state index contributed by atoms with van der Waals surface area (Å²) in [6, 6.07) is 66.8. The molecule has 0 unspecified atom stereocenters. The Morgan fingerprint density at radius 1 is 0.333 bits per heavy atom. The van der Waals surface area contributed by atoms with Crippen molar-refractivity contribution >= 4 is 101 Å². The van der Waals surface area contributed by atoms with E-state index in [4.69, 9.17) is 5.48 Å². The molecule has 2 aromatic heterocycles. The smallest absolute Gasteiger partial charge is 0.252 e. The van der Waals surface area contributed by atoms with E-state index in [0.717, 1.165) is 111 Å². The van der Waals surface area contributed by atoms with Gasteiger partial charge in [0.25, 0.3) is 6.71 Å². The van der Waals surface area contributed by atoms with Crippen molar-refractivity contribution in [3.05, 3.63) is 332 Å². The van der Waals surface area contributed by atoms with E-state index in [2.05, 4.69) is 186 Å². The first-order valence-electron chi connectivity index (χ1n) is 41.8. The first-order valence-corrected chi connectivity index (χ1v) is 33.8. The molecule has 2 aliphatic rings. The lowest BCUT2D eigenvalue weighted by molar-refractivity contribution is 0.590. The van der Waals surface area contributed by atoms with Crippen LogP contribution in [0.5, 0.6) is 0 Å². The summed E-state index contributed by atoms with van der Waals surface area (Å²) in [5.74, 6) is 0.156. The molecule has 0 aliphatic carbocycles. The van der Waals surface area contributed by atoms with E-state index >= 15 is 0 Å². The molecule has 0 spiro atoms. The van der Waals surface area contributed by atoms with Crippen LogP contribution in [0.1, 0.15) is 98.9 Å². The number of fused-ring (bicyclic) bond motifs is 10. The third kappa shape index (κ3) is 9.72. The quantitative estimate of drug-likeness (QED) is 0.120. The van der Waals surface area contributed by atoms with Crippen molar-refractivity contribution in [3.8, 4) is 67.0 Å². The topological polar surface area (TPSA) is 16.3 Å². The fourth-order valence-corrected chi connectivity index (χ4v) is 15.4. The molecular weight excluding hydrogens is 1200 g/mol. The molecular formula is C94H75BN4. The van der Waals surface area contributed by atoms with Crippen LogP contribution in [0.3, 0.4) is 0 Å². The van der Waals surface area contributed by atoms with Crippen LogP contribution in [-0.2, 0) is 5.41 Å². The van der Waals surface area contributed by atoms with Gasteiger partial charge < -0.3 is 18.9 Å². The predicted octanol–water partition coefficient (Wildman–Crippen LogP) is 23.8. The van der Waals surface area contributed by atoms with Gasteiger partial charge in [0.1, 0.15) is 0 Å². The zero-order valence-corrected chi connectivity index (χ0v) is 55.8. The summed E-state index contributed by atoms with van der Waals surface area (Å²) in [6.07, 6.45) is 0. The van der Waals surface area contributed by atoms with E-state index in [-0.39, 0.29) is 60.9 Å². The molecule has 14 aromatic carbocycles.